The molecule has 0 spiro atoms. The molecule has 0 aliphatic rings. The lowest BCUT2D eigenvalue weighted by Crippen LogP contribution is -2.34. The number of anilines is 1. The summed E-state index contributed by atoms with van der Waals surface area (Å²) in [5.41, 5.74) is 6.10. The van der Waals surface area contributed by atoms with Crippen LogP contribution >= 0.6 is 11.6 Å². The van der Waals surface area contributed by atoms with Gasteiger partial charge in [0.1, 0.15) is 5.02 Å². The molecule has 0 aliphatic carbocycles. The van der Waals surface area contributed by atoms with Crippen LogP contribution in [-0.2, 0) is 11.3 Å². The zero-order valence-corrected chi connectivity index (χ0v) is 12.3. The van der Waals surface area contributed by atoms with Crippen LogP contribution in [0.4, 0.5) is 5.69 Å². The Bertz CT molecular complexity index is 462. The van der Waals surface area contributed by atoms with Crippen LogP contribution in [0.15, 0.2) is 11.0 Å². The summed E-state index contributed by atoms with van der Waals surface area (Å²) in [4.78, 5) is 11.9. The van der Waals surface area contributed by atoms with Crippen LogP contribution in [0, 0.1) is 5.92 Å². The fraction of sp³-hybridized carbons (Fsp3) is 0.667. The Morgan fingerprint density at radius 3 is 2.84 bits per heavy atom. The van der Waals surface area contributed by atoms with Crippen LogP contribution in [0.5, 0.6) is 0 Å². The van der Waals surface area contributed by atoms with E-state index in [4.69, 9.17) is 22.1 Å². The number of aromatic nitrogens is 2. The van der Waals surface area contributed by atoms with Crippen molar-refractivity contribution < 1.29 is 4.74 Å². The summed E-state index contributed by atoms with van der Waals surface area (Å²) in [5, 5.41) is 7.22. The Labute approximate surface area is 117 Å². The predicted octanol–water partition coefficient (Wildman–Crippen LogP) is 0.938. The van der Waals surface area contributed by atoms with Crippen LogP contribution in [-0.4, -0.2) is 36.1 Å². The maximum atomic E-state index is 11.9. The summed E-state index contributed by atoms with van der Waals surface area (Å²) in [6, 6.07) is -0.00742. The van der Waals surface area contributed by atoms with Gasteiger partial charge in [0.25, 0.3) is 5.56 Å². The van der Waals surface area contributed by atoms with E-state index in [1.165, 1.54) is 10.9 Å². The molecule has 1 rings (SSSR count). The fourth-order valence-electron chi connectivity index (χ4n) is 1.39. The second-order valence-corrected chi connectivity index (χ2v) is 5.06. The van der Waals surface area contributed by atoms with Crippen molar-refractivity contribution in [3.8, 4) is 0 Å². The summed E-state index contributed by atoms with van der Waals surface area (Å²) in [5.74, 6) is 0.348. The van der Waals surface area contributed by atoms with E-state index in [0.29, 0.717) is 31.3 Å². The number of rotatable bonds is 7. The average molecular weight is 289 g/mol. The molecule has 1 aromatic rings. The molecule has 0 aromatic carbocycles. The zero-order valence-electron chi connectivity index (χ0n) is 11.5. The van der Waals surface area contributed by atoms with Gasteiger partial charge in [-0.25, -0.2) is 4.68 Å². The maximum Gasteiger partial charge on any atom is 0.287 e. The second-order valence-electron chi connectivity index (χ2n) is 4.68. The van der Waals surface area contributed by atoms with Crippen molar-refractivity contribution in [2.24, 2.45) is 11.7 Å². The first-order valence-corrected chi connectivity index (χ1v) is 6.59. The van der Waals surface area contributed by atoms with Crippen molar-refractivity contribution in [3.63, 3.8) is 0 Å². The van der Waals surface area contributed by atoms with Crippen LogP contribution in [0.3, 0.4) is 0 Å². The van der Waals surface area contributed by atoms with E-state index in [9.17, 15) is 4.79 Å². The predicted molar refractivity (Wildman–Crippen MR) is 76.7 cm³/mol. The molecule has 1 aromatic heterocycles. The Balaban J connectivity index is 2.76. The largest absolute Gasteiger partial charge is 0.383 e. The standard InChI is InChI=1S/C12H21ClN4O2/c1-8(2)9(14)6-15-10-7-16-17(4-5-19-3)12(18)11(10)13/h7-9,15H,4-6,14H2,1-3H3. The van der Waals surface area contributed by atoms with E-state index in [-0.39, 0.29) is 16.6 Å². The fourth-order valence-corrected chi connectivity index (χ4v) is 1.60. The van der Waals surface area contributed by atoms with Crippen molar-refractivity contribution in [2.45, 2.75) is 26.4 Å². The van der Waals surface area contributed by atoms with Gasteiger partial charge in [-0.1, -0.05) is 25.4 Å². The molecule has 0 radical (unpaired) electrons. The maximum absolute atomic E-state index is 11.9. The van der Waals surface area contributed by atoms with Crippen LogP contribution in [0.25, 0.3) is 0 Å². The molecular formula is C12H21ClN4O2. The molecule has 108 valence electrons. The van der Waals surface area contributed by atoms with Gasteiger partial charge in [0, 0.05) is 19.7 Å². The van der Waals surface area contributed by atoms with Gasteiger partial charge in [-0.2, -0.15) is 5.10 Å². The third-order valence-electron chi connectivity index (χ3n) is 2.88. The topological polar surface area (TPSA) is 82.2 Å². The minimum absolute atomic E-state index is 0.00742. The molecule has 1 unspecified atom stereocenters. The van der Waals surface area contributed by atoms with Crippen LogP contribution < -0.4 is 16.6 Å². The highest BCUT2D eigenvalue weighted by molar-refractivity contribution is 6.32. The van der Waals surface area contributed by atoms with Gasteiger partial charge in [0.15, 0.2) is 0 Å². The summed E-state index contributed by atoms with van der Waals surface area (Å²) in [6.45, 7) is 5.40. The van der Waals surface area contributed by atoms with Crippen molar-refractivity contribution in [1.82, 2.24) is 9.78 Å². The Morgan fingerprint density at radius 1 is 1.58 bits per heavy atom. The Kier molecular flexibility index (Phi) is 6.27. The lowest BCUT2D eigenvalue weighted by atomic mass is 10.1. The number of hydrogen-bond acceptors (Lipinski definition) is 5. The quantitative estimate of drug-likeness (QED) is 0.780. The SMILES string of the molecule is COCCn1ncc(NCC(N)C(C)C)c(Cl)c1=O. The Hall–Kier alpha value is -1.11. The smallest absolute Gasteiger partial charge is 0.287 e. The van der Waals surface area contributed by atoms with Crippen molar-refractivity contribution in [3.05, 3.63) is 21.6 Å². The van der Waals surface area contributed by atoms with Gasteiger partial charge in [0.05, 0.1) is 25.0 Å². The lowest BCUT2D eigenvalue weighted by Gasteiger charge is -2.17. The molecule has 6 nitrogen and oxygen atoms in total. The van der Waals surface area contributed by atoms with E-state index < -0.39 is 0 Å². The minimum atomic E-state index is -0.332. The van der Waals surface area contributed by atoms with Crippen LogP contribution in [0.2, 0.25) is 5.02 Å². The van der Waals surface area contributed by atoms with E-state index in [2.05, 4.69) is 10.4 Å². The number of ether oxygens (including phenoxy) is 1. The van der Waals surface area contributed by atoms with Crippen molar-refractivity contribution in [1.29, 1.82) is 0 Å². The first kappa shape index (κ1) is 15.9. The van der Waals surface area contributed by atoms with E-state index in [1.807, 2.05) is 13.8 Å². The second kappa shape index (κ2) is 7.47. The number of nitrogens with one attached hydrogen (secondary N) is 1. The first-order chi connectivity index (χ1) is 8.97. The van der Waals surface area contributed by atoms with Gasteiger partial charge in [-0.05, 0) is 5.92 Å². The number of halogens is 1. The van der Waals surface area contributed by atoms with Gasteiger partial charge < -0.3 is 15.8 Å². The van der Waals surface area contributed by atoms with Crippen LogP contribution in [0.1, 0.15) is 13.8 Å². The normalized spacial score (nSPS) is 12.7. The minimum Gasteiger partial charge on any atom is -0.383 e. The number of nitrogens with two attached hydrogens (primary N) is 1. The van der Waals surface area contributed by atoms with Gasteiger partial charge in [-0.3, -0.25) is 4.79 Å². The molecule has 7 heteroatoms. The summed E-state index contributed by atoms with van der Waals surface area (Å²) >= 11 is 6.02. The molecule has 0 aliphatic heterocycles. The molecule has 0 fully saturated rings. The van der Waals surface area contributed by atoms with Crippen molar-refractivity contribution in [2.75, 3.05) is 25.6 Å². The molecule has 1 heterocycles. The molecular weight excluding hydrogens is 268 g/mol. The highest BCUT2D eigenvalue weighted by Crippen LogP contribution is 2.15. The van der Waals surface area contributed by atoms with Gasteiger partial charge in [0.2, 0.25) is 0 Å². The van der Waals surface area contributed by atoms with Gasteiger partial charge >= 0.3 is 0 Å². The molecule has 1 atom stereocenters. The summed E-state index contributed by atoms with van der Waals surface area (Å²) in [6.07, 6.45) is 1.53. The van der Waals surface area contributed by atoms with Gasteiger partial charge in [-0.15, -0.1) is 0 Å². The third kappa shape index (κ3) is 4.49. The molecule has 0 bridgehead atoms. The highest BCUT2D eigenvalue weighted by Gasteiger charge is 2.11. The monoisotopic (exact) mass is 288 g/mol. The number of methoxy groups -OCH3 is 1. The first-order valence-electron chi connectivity index (χ1n) is 6.21. The molecule has 0 saturated carbocycles. The van der Waals surface area contributed by atoms with E-state index in [1.54, 1.807) is 7.11 Å². The zero-order chi connectivity index (χ0) is 14.4. The Morgan fingerprint density at radius 2 is 2.26 bits per heavy atom. The summed E-state index contributed by atoms with van der Waals surface area (Å²) in [7, 11) is 1.57. The molecule has 0 saturated heterocycles. The highest BCUT2D eigenvalue weighted by atomic mass is 35.5. The molecule has 0 amide bonds. The average Bonchev–Trinajstić information content (AvgIpc) is 2.38. The third-order valence-corrected chi connectivity index (χ3v) is 3.24. The van der Waals surface area contributed by atoms with E-state index >= 15 is 0 Å². The lowest BCUT2D eigenvalue weighted by molar-refractivity contribution is 0.182. The number of nitrogens with zero attached hydrogens (tertiary/aromatic N) is 2. The molecule has 3 N–H and O–H groups in total. The summed E-state index contributed by atoms with van der Waals surface area (Å²) < 4.78 is 6.18. The van der Waals surface area contributed by atoms with E-state index in [0.717, 1.165) is 0 Å². The molecule has 19 heavy (non-hydrogen) atoms. The number of hydrogen-bond donors (Lipinski definition) is 2. The van der Waals surface area contributed by atoms with Crippen molar-refractivity contribution >= 4 is 17.3 Å².